The molecule has 136 valence electrons. The van der Waals surface area contributed by atoms with Crippen molar-refractivity contribution in [2.75, 3.05) is 38.7 Å². The van der Waals surface area contributed by atoms with E-state index in [1.165, 1.54) is 5.56 Å². The van der Waals surface area contributed by atoms with Gasteiger partial charge in [0.1, 0.15) is 11.6 Å². The number of benzene rings is 1. The van der Waals surface area contributed by atoms with Gasteiger partial charge in [-0.3, -0.25) is 9.48 Å². The zero-order valence-electron chi connectivity index (χ0n) is 15.4. The highest BCUT2D eigenvalue weighted by atomic mass is 16.5. The number of amides is 1. The number of aryl methyl sites for hydroxylation is 2. The fourth-order valence-corrected chi connectivity index (χ4v) is 2.68. The summed E-state index contributed by atoms with van der Waals surface area (Å²) >= 11 is 0. The molecule has 7 heteroatoms. The molecule has 0 aliphatic heterocycles. The average Bonchev–Trinajstić information content (AvgIpc) is 2.87. The van der Waals surface area contributed by atoms with Crippen LogP contribution in [0.15, 0.2) is 30.3 Å². The van der Waals surface area contributed by atoms with Crippen molar-refractivity contribution in [2.24, 2.45) is 7.05 Å². The molecule has 0 radical (unpaired) electrons. The number of carbonyl (C=O) groups excluding carboxylic acids is 1. The van der Waals surface area contributed by atoms with Crippen LogP contribution in [0.25, 0.3) is 0 Å². The summed E-state index contributed by atoms with van der Waals surface area (Å²) in [5.74, 6) is 1.65. The van der Waals surface area contributed by atoms with E-state index >= 15 is 0 Å². The van der Waals surface area contributed by atoms with Crippen molar-refractivity contribution in [1.82, 2.24) is 20.4 Å². The van der Waals surface area contributed by atoms with Gasteiger partial charge in [0.05, 0.1) is 5.69 Å². The van der Waals surface area contributed by atoms with E-state index in [1.54, 1.807) is 0 Å². The summed E-state index contributed by atoms with van der Waals surface area (Å²) in [6.07, 6.45) is 0. The third kappa shape index (κ3) is 5.49. The smallest absolute Gasteiger partial charge is 0.257 e. The quantitative estimate of drug-likeness (QED) is 0.666. The van der Waals surface area contributed by atoms with Gasteiger partial charge in [-0.1, -0.05) is 18.2 Å². The van der Waals surface area contributed by atoms with Crippen LogP contribution >= 0.6 is 0 Å². The van der Waals surface area contributed by atoms with Crippen molar-refractivity contribution in [3.05, 3.63) is 41.6 Å². The van der Waals surface area contributed by atoms with Crippen molar-refractivity contribution in [3.8, 4) is 5.75 Å². The normalized spacial score (nSPS) is 10.6. The van der Waals surface area contributed by atoms with E-state index in [-0.39, 0.29) is 12.5 Å². The van der Waals surface area contributed by atoms with E-state index in [0.29, 0.717) is 25.4 Å². The zero-order valence-corrected chi connectivity index (χ0v) is 15.4. The topological polar surface area (TPSA) is 71.4 Å². The Labute approximate surface area is 149 Å². The minimum Gasteiger partial charge on any atom is -0.484 e. The molecule has 2 aromatic rings. The van der Waals surface area contributed by atoms with Crippen LogP contribution in [-0.2, 0) is 18.4 Å². The maximum Gasteiger partial charge on any atom is 0.257 e. The van der Waals surface area contributed by atoms with Crippen LogP contribution in [0.1, 0.15) is 11.3 Å². The zero-order chi connectivity index (χ0) is 18.2. The van der Waals surface area contributed by atoms with Crippen molar-refractivity contribution in [2.45, 2.75) is 13.5 Å². The van der Waals surface area contributed by atoms with Gasteiger partial charge in [-0.15, -0.1) is 0 Å². The largest absolute Gasteiger partial charge is 0.484 e. The Balaban J connectivity index is 1.67. The van der Waals surface area contributed by atoms with Gasteiger partial charge in [0.2, 0.25) is 0 Å². The minimum absolute atomic E-state index is 0.0243. The monoisotopic (exact) mass is 345 g/mol. The Morgan fingerprint density at radius 1 is 1.24 bits per heavy atom. The molecule has 0 fully saturated rings. The van der Waals surface area contributed by atoms with Gasteiger partial charge < -0.3 is 20.3 Å². The molecule has 0 bridgehead atoms. The van der Waals surface area contributed by atoms with Crippen LogP contribution < -0.4 is 20.3 Å². The van der Waals surface area contributed by atoms with Crippen LogP contribution in [0, 0.1) is 6.92 Å². The first kappa shape index (κ1) is 18.8. The number of aromatic nitrogens is 2. The predicted molar refractivity (Wildman–Crippen MR) is 98.9 cm³/mol. The van der Waals surface area contributed by atoms with Gasteiger partial charge in [0, 0.05) is 46.3 Å². The van der Waals surface area contributed by atoms with Crippen molar-refractivity contribution in [3.63, 3.8) is 0 Å². The third-order valence-electron chi connectivity index (χ3n) is 3.78. The van der Waals surface area contributed by atoms with E-state index in [1.807, 2.05) is 63.1 Å². The van der Waals surface area contributed by atoms with Gasteiger partial charge in [0.25, 0.3) is 5.91 Å². The van der Waals surface area contributed by atoms with E-state index in [0.717, 1.165) is 11.5 Å². The average molecular weight is 345 g/mol. The second-order valence-corrected chi connectivity index (χ2v) is 6.03. The third-order valence-corrected chi connectivity index (χ3v) is 3.78. The molecule has 25 heavy (non-hydrogen) atoms. The van der Waals surface area contributed by atoms with Crippen LogP contribution in [0.5, 0.6) is 5.75 Å². The lowest BCUT2D eigenvalue weighted by atomic mass is 10.2. The molecular weight excluding hydrogens is 318 g/mol. The fourth-order valence-electron chi connectivity index (χ4n) is 2.68. The first-order chi connectivity index (χ1) is 12.0. The number of anilines is 1. The minimum atomic E-state index is -0.128. The van der Waals surface area contributed by atoms with Crippen molar-refractivity contribution >= 4 is 11.7 Å². The molecule has 0 aliphatic carbocycles. The lowest BCUT2D eigenvalue weighted by molar-refractivity contribution is -0.123. The maximum absolute atomic E-state index is 11.8. The Bertz CT molecular complexity index is 682. The Morgan fingerprint density at radius 2 is 1.96 bits per heavy atom. The number of nitrogens with one attached hydrogen (secondary N) is 2. The molecule has 0 spiro atoms. The van der Waals surface area contributed by atoms with E-state index in [2.05, 4.69) is 20.6 Å². The molecule has 0 saturated heterocycles. The van der Waals surface area contributed by atoms with Crippen LogP contribution in [0.4, 0.5) is 5.82 Å². The van der Waals surface area contributed by atoms with Crippen LogP contribution in [-0.4, -0.2) is 49.5 Å². The van der Waals surface area contributed by atoms with Crippen LogP contribution in [0.3, 0.4) is 0 Å². The SMILES string of the molecule is Cc1nn(C)c(N(C)C)c1CNCCNC(=O)COc1ccccc1. The first-order valence-electron chi connectivity index (χ1n) is 8.34. The second-order valence-electron chi connectivity index (χ2n) is 6.03. The Hall–Kier alpha value is -2.54. The summed E-state index contributed by atoms with van der Waals surface area (Å²) < 4.78 is 7.29. The Kier molecular flexibility index (Phi) is 6.82. The van der Waals surface area contributed by atoms with Gasteiger partial charge in [0.15, 0.2) is 6.61 Å². The summed E-state index contributed by atoms with van der Waals surface area (Å²) in [6.45, 7) is 3.97. The molecule has 0 saturated carbocycles. The Morgan fingerprint density at radius 3 is 2.64 bits per heavy atom. The molecule has 2 rings (SSSR count). The van der Waals surface area contributed by atoms with E-state index < -0.39 is 0 Å². The molecule has 0 atom stereocenters. The molecule has 2 N–H and O–H groups in total. The molecule has 7 nitrogen and oxygen atoms in total. The molecule has 1 aromatic heterocycles. The van der Waals surface area contributed by atoms with Crippen LogP contribution in [0.2, 0.25) is 0 Å². The van der Waals surface area contributed by atoms with Gasteiger partial charge in [-0.2, -0.15) is 5.10 Å². The van der Waals surface area contributed by atoms with Crippen molar-refractivity contribution < 1.29 is 9.53 Å². The summed E-state index contributed by atoms with van der Waals surface area (Å²) in [7, 11) is 5.96. The summed E-state index contributed by atoms with van der Waals surface area (Å²) in [4.78, 5) is 13.8. The van der Waals surface area contributed by atoms with E-state index in [4.69, 9.17) is 4.74 Å². The number of hydrogen-bond acceptors (Lipinski definition) is 5. The number of nitrogens with zero attached hydrogens (tertiary/aromatic N) is 3. The molecule has 1 amide bonds. The standard InChI is InChI=1S/C18H27N5O2/c1-14-16(18(22(2)3)23(4)21-14)12-19-10-11-20-17(24)13-25-15-8-6-5-7-9-15/h5-9,19H,10-13H2,1-4H3,(H,20,24). The molecular formula is C18H27N5O2. The predicted octanol–water partition coefficient (Wildman–Crippen LogP) is 1.08. The maximum atomic E-state index is 11.8. The molecule has 0 aliphatic rings. The van der Waals surface area contributed by atoms with Gasteiger partial charge >= 0.3 is 0 Å². The lowest BCUT2D eigenvalue weighted by Gasteiger charge is -2.15. The number of rotatable bonds is 9. The highest BCUT2D eigenvalue weighted by molar-refractivity contribution is 5.77. The number of para-hydroxylation sites is 1. The highest BCUT2D eigenvalue weighted by Gasteiger charge is 2.14. The molecule has 0 unspecified atom stereocenters. The molecule has 1 heterocycles. The fraction of sp³-hybridized carbons (Fsp3) is 0.444. The van der Waals surface area contributed by atoms with Crippen molar-refractivity contribution in [1.29, 1.82) is 0 Å². The molecule has 1 aromatic carbocycles. The highest BCUT2D eigenvalue weighted by Crippen LogP contribution is 2.20. The van der Waals surface area contributed by atoms with Gasteiger partial charge in [-0.25, -0.2) is 0 Å². The number of hydrogen-bond donors (Lipinski definition) is 2. The number of carbonyl (C=O) groups is 1. The number of ether oxygens (including phenoxy) is 1. The summed E-state index contributed by atoms with van der Waals surface area (Å²) in [6, 6.07) is 9.31. The first-order valence-corrected chi connectivity index (χ1v) is 8.34. The summed E-state index contributed by atoms with van der Waals surface area (Å²) in [5, 5.41) is 10.6. The lowest BCUT2D eigenvalue weighted by Crippen LogP contribution is -2.34. The summed E-state index contributed by atoms with van der Waals surface area (Å²) in [5.41, 5.74) is 2.19. The second kappa shape index (κ2) is 9.08. The van der Waals surface area contributed by atoms with Gasteiger partial charge in [-0.05, 0) is 19.1 Å². The van der Waals surface area contributed by atoms with E-state index in [9.17, 15) is 4.79 Å².